The first-order valence-electron chi connectivity index (χ1n) is 6.29. The Balaban J connectivity index is 2.06. The molecule has 0 aliphatic carbocycles. The van der Waals surface area contributed by atoms with E-state index >= 15 is 0 Å². The highest BCUT2D eigenvalue weighted by molar-refractivity contribution is 6.30. The molecule has 0 fully saturated rings. The van der Waals surface area contributed by atoms with Crippen LogP contribution in [0.1, 0.15) is 15.9 Å². The Labute approximate surface area is 131 Å². The van der Waals surface area contributed by atoms with Crippen molar-refractivity contribution in [3.8, 4) is 0 Å². The van der Waals surface area contributed by atoms with Gasteiger partial charge in [-0.25, -0.2) is 4.39 Å². The molecule has 0 unspecified atom stereocenters. The molecular formula is C16H12ClFN2O2. The van der Waals surface area contributed by atoms with Crippen LogP contribution in [-0.4, -0.2) is 11.8 Å². The summed E-state index contributed by atoms with van der Waals surface area (Å²) >= 11 is 5.65. The largest absolute Gasteiger partial charge is 0.366 e. The van der Waals surface area contributed by atoms with Crippen molar-refractivity contribution >= 4 is 35.2 Å². The molecule has 4 nitrogen and oxygen atoms in total. The molecule has 0 saturated carbocycles. The fourth-order valence-corrected chi connectivity index (χ4v) is 1.91. The summed E-state index contributed by atoms with van der Waals surface area (Å²) in [5, 5.41) is 2.58. The van der Waals surface area contributed by atoms with Crippen LogP contribution in [0, 0.1) is 5.82 Å². The van der Waals surface area contributed by atoms with Crippen molar-refractivity contribution in [2.75, 3.05) is 5.32 Å². The minimum absolute atomic E-state index is 0.0169. The summed E-state index contributed by atoms with van der Waals surface area (Å²) in [7, 11) is 0. The first-order valence-corrected chi connectivity index (χ1v) is 6.67. The van der Waals surface area contributed by atoms with E-state index in [1.165, 1.54) is 36.4 Å². The Morgan fingerprint density at radius 3 is 2.64 bits per heavy atom. The monoisotopic (exact) mass is 318 g/mol. The third-order valence-electron chi connectivity index (χ3n) is 2.79. The summed E-state index contributed by atoms with van der Waals surface area (Å²) in [6.45, 7) is 0. The Morgan fingerprint density at radius 1 is 1.18 bits per heavy atom. The number of carbonyl (C=O) groups excluding carboxylic acids is 2. The molecule has 6 heteroatoms. The van der Waals surface area contributed by atoms with Crippen LogP contribution < -0.4 is 11.1 Å². The summed E-state index contributed by atoms with van der Waals surface area (Å²) in [5.74, 6) is -1.50. The highest BCUT2D eigenvalue weighted by atomic mass is 35.5. The summed E-state index contributed by atoms with van der Waals surface area (Å²) in [6.07, 6.45) is 2.78. The van der Waals surface area contributed by atoms with Crippen molar-refractivity contribution in [2.24, 2.45) is 5.73 Å². The lowest BCUT2D eigenvalue weighted by Crippen LogP contribution is -2.12. The number of hydrogen-bond acceptors (Lipinski definition) is 2. The SMILES string of the molecule is NC(=O)c1cccc(NC(=O)C=Cc2ccc(F)c(Cl)c2)c1. The van der Waals surface area contributed by atoms with Crippen LogP contribution >= 0.6 is 11.6 Å². The molecule has 2 amide bonds. The Bertz CT molecular complexity index is 760. The van der Waals surface area contributed by atoms with Gasteiger partial charge >= 0.3 is 0 Å². The van der Waals surface area contributed by atoms with Crippen LogP contribution in [0.5, 0.6) is 0 Å². The molecule has 0 bridgehead atoms. The Hall–Kier alpha value is -2.66. The van der Waals surface area contributed by atoms with Gasteiger partial charge in [0.05, 0.1) is 5.02 Å². The molecule has 0 spiro atoms. The zero-order valence-corrected chi connectivity index (χ0v) is 12.1. The number of rotatable bonds is 4. The van der Waals surface area contributed by atoms with Crippen LogP contribution in [0.3, 0.4) is 0 Å². The molecule has 2 aromatic carbocycles. The second kappa shape index (κ2) is 6.87. The minimum atomic E-state index is -0.576. The van der Waals surface area contributed by atoms with Gasteiger partial charge in [-0.1, -0.05) is 23.7 Å². The van der Waals surface area contributed by atoms with Crippen molar-refractivity contribution in [1.29, 1.82) is 0 Å². The highest BCUT2D eigenvalue weighted by Crippen LogP contribution is 2.17. The van der Waals surface area contributed by atoms with Crippen molar-refractivity contribution in [3.63, 3.8) is 0 Å². The number of nitrogens with two attached hydrogens (primary N) is 1. The lowest BCUT2D eigenvalue weighted by atomic mass is 10.2. The maximum atomic E-state index is 13.0. The van der Waals surface area contributed by atoms with Gasteiger partial charge in [0.25, 0.3) is 0 Å². The van der Waals surface area contributed by atoms with Crippen LogP contribution in [0.2, 0.25) is 5.02 Å². The number of halogens is 2. The second-order valence-corrected chi connectivity index (χ2v) is 4.85. The lowest BCUT2D eigenvalue weighted by molar-refractivity contribution is -0.111. The molecule has 0 aromatic heterocycles. The fourth-order valence-electron chi connectivity index (χ4n) is 1.72. The van der Waals surface area contributed by atoms with Crippen LogP contribution in [-0.2, 0) is 4.79 Å². The molecule has 22 heavy (non-hydrogen) atoms. The van der Waals surface area contributed by atoms with E-state index in [-0.39, 0.29) is 5.02 Å². The smallest absolute Gasteiger partial charge is 0.248 e. The molecular weight excluding hydrogens is 307 g/mol. The summed E-state index contributed by atoms with van der Waals surface area (Å²) in [5.41, 5.74) is 6.50. The maximum Gasteiger partial charge on any atom is 0.248 e. The zero-order valence-electron chi connectivity index (χ0n) is 11.3. The number of benzene rings is 2. The molecule has 0 radical (unpaired) electrons. The van der Waals surface area contributed by atoms with E-state index in [0.717, 1.165) is 0 Å². The second-order valence-electron chi connectivity index (χ2n) is 4.44. The van der Waals surface area contributed by atoms with Crippen LogP contribution in [0.4, 0.5) is 10.1 Å². The number of carbonyl (C=O) groups is 2. The van der Waals surface area contributed by atoms with Gasteiger partial charge in [0.15, 0.2) is 0 Å². The van der Waals surface area contributed by atoms with E-state index in [2.05, 4.69) is 5.32 Å². The normalized spacial score (nSPS) is 10.6. The van der Waals surface area contributed by atoms with Crippen LogP contribution in [0.15, 0.2) is 48.5 Å². The number of amides is 2. The standard InChI is InChI=1S/C16H12ClFN2O2/c17-13-8-10(4-6-14(13)18)5-7-15(21)20-12-3-1-2-11(9-12)16(19)22/h1-9H,(H2,19,22)(H,20,21). The summed E-state index contributed by atoms with van der Waals surface area (Å²) in [6, 6.07) is 10.4. The molecule has 112 valence electrons. The van der Waals surface area contributed by atoms with Gasteiger partial charge in [0, 0.05) is 17.3 Å². The predicted molar refractivity (Wildman–Crippen MR) is 84.0 cm³/mol. The predicted octanol–water partition coefficient (Wildman–Crippen LogP) is 3.23. The van der Waals surface area contributed by atoms with Gasteiger partial charge in [-0.2, -0.15) is 0 Å². The van der Waals surface area contributed by atoms with Crippen molar-refractivity contribution in [3.05, 3.63) is 70.5 Å². The Morgan fingerprint density at radius 2 is 1.95 bits per heavy atom. The van der Waals surface area contributed by atoms with Crippen molar-refractivity contribution < 1.29 is 14.0 Å². The van der Waals surface area contributed by atoms with Gasteiger partial charge in [0.2, 0.25) is 11.8 Å². The fraction of sp³-hybridized carbons (Fsp3) is 0. The number of primary amides is 1. The van der Waals surface area contributed by atoms with Gasteiger partial charge in [-0.05, 0) is 42.0 Å². The number of nitrogens with one attached hydrogen (secondary N) is 1. The van der Waals surface area contributed by atoms with E-state index in [4.69, 9.17) is 17.3 Å². The average Bonchev–Trinajstić information content (AvgIpc) is 2.49. The molecule has 2 rings (SSSR count). The summed E-state index contributed by atoms with van der Waals surface area (Å²) < 4.78 is 13.0. The zero-order chi connectivity index (χ0) is 16.1. The average molecular weight is 319 g/mol. The van der Waals surface area contributed by atoms with Crippen molar-refractivity contribution in [2.45, 2.75) is 0 Å². The molecule has 0 atom stereocenters. The first kappa shape index (κ1) is 15.7. The molecule has 0 aliphatic rings. The van der Waals surface area contributed by atoms with Gasteiger partial charge < -0.3 is 11.1 Å². The molecule has 0 aliphatic heterocycles. The summed E-state index contributed by atoms with van der Waals surface area (Å²) in [4.78, 5) is 22.9. The highest BCUT2D eigenvalue weighted by Gasteiger charge is 2.03. The third-order valence-corrected chi connectivity index (χ3v) is 3.08. The quantitative estimate of drug-likeness (QED) is 0.849. The topological polar surface area (TPSA) is 72.2 Å². The van der Waals surface area contributed by atoms with E-state index in [1.807, 2.05) is 0 Å². The minimum Gasteiger partial charge on any atom is -0.366 e. The molecule has 0 heterocycles. The number of anilines is 1. The van der Waals surface area contributed by atoms with E-state index < -0.39 is 17.6 Å². The Kier molecular flexibility index (Phi) is 4.91. The number of hydrogen-bond donors (Lipinski definition) is 2. The van der Waals surface area contributed by atoms with Crippen molar-refractivity contribution in [1.82, 2.24) is 0 Å². The van der Waals surface area contributed by atoms with Gasteiger partial charge in [-0.3, -0.25) is 9.59 Å². The maximum absolute atomic E-state index is 13.0. The van der Waals surface area contributed by atoms with E-state index in [1.54, 1.807) is 18.2 Å². The van der Waals surface area contributed by atoms with E-state index in [9.17, 15) is 14.0 Å². The third kappa shape index (κ3) is 4.17. The van der Waals surface area contributed by atoms with Crippen LogP contribution in [0.25, 0.3) is 6.08 Å². The van der Waals surface area contributed by atoms with E-state index in [0.29, 0.717) is 16.8 Å². The van der Waals surface area contributed by atoms with Gasteiger partial charge in [0.1, 0.15) is 5.82 Å². The lowest BCUT2D eigenvalue weighted by Gasteiger charge is -2.03. The first-order chi connectivity index (χ1) is 10.5. The van der Waals surface area contributed by atoms with Gasteiger partial charge in [-0.15, -0.1) is 0 Å². The molecule has 0 saturated heterocycles. The molecule has 2 aromatic rings. The molecule has 3 N–H and O–H groups in total.